The molecule has 2 aliphatic heterocycles. The predicted molar refractivity (Wildman–Crippen MR) is 162 cm³/mol. The van der Waals surface area contributed by atoms with Crippen molar-refractivity contribution in [1.82, 2.24) is 20.2 Å². The second kappa shape index (κ2) is 11.5. The monoisotopic (exact) mass is 587 g/mol. The van der Waals surface area contributed by atoms with Crippen LogP contribution in [0.3, 0.4) is 0 Å². The number of ether oxygens (including phenoxy) is 1. The summed E-state index contributed by atoms with van der Waals surface area (Å²) in [5.74, 6) is 0.139. The van der Waals surface area contributed by atoms with E-state index >= 15 is 0 Å². The molecular weight excluding hydrogens is 546 g/mol. The molecule has 0 amide bonds. The van der Waals surface area contributed by atoms with E-state index in [9.17, 15) is 20.0 Å². The number of aryl methyl sites for hydroxylation is 1. The molecule has 3 unspecified atom stereocenters. The quantitative estimate of drug-likeness (QED) is 0.419. The van der Waals surface area contributed by atoms with Crippen molar-refractivity contribution >= 4 is 34.7 Å². The number of hydrogen-bond acceptors (Lipinski definition) is 9. The molecule has 0 spiro atoms. The van der Waals surface area contributed by atoms with Gasteiger partial charge in [0.05, 0.1) is 5.69 Å². The van der Waals surface area contributed by atoms with Gasteiger partial charge in [0.15, 0.2) is 11.7 Å². The molecular formula is C32H41N7O4. The summed E-state index contributed by atoms with van der Waals surface area (Å²) in [7, 11) is 0. The summed E-state index contributed by atoms with van der Waals surface area (Å²) < 4.78 is 7.38. The third-order valence-corrected chi connectivity index (χ3v) is 9.30. The molecule has 1 aromatic carbocycles. The van der Waals surface area contributed by atoms with Gasteiger partial charge in [-0.05, 0) is 104 Å². The van der Waals surface area contributed by atoms with Crippen LogP contribution in [0.25, 0.3) is 5.57 Å². The largest absolute Gasteiger partial charge is 0.481 e. The van der Waals surface area contributed by atoms with Gasteiger partial charge in [-0.2, -0.15) is 9.94 Å². The number of nitriles is 1. The Balaban J connectivity index is 1.52. The SMILES string of the molecule is Cc1cc2c(cc1/N=C1\C(C#N)=C(C(=O)OC3C(C)CC(C)CC3C)c3nnnn31)C(C)CC(C)(C)N2CCCC(=O)O. The van der Waals surface area contributed by atoms with Crippen molar-refractivity contribution in [3.8, 4) is 6.07 Å². The molecule has 1 aromatic heterocycles. The molecule has 3 heterocycles. The lowest BCUT2D eigenvalue weighted by Gasteiger charge is -2.48. The third-order valence-electron chi connectivity index (χ3n) is 9.30. The number of aromatic nitrogens is 4. The maximum atomic E-state index is 13.6. The number of anilines is 1. The molecule has 2 aromatic rings. The molecule has 43 heavy (non-hydrogen) atoms. The summed E-state index contributed by atoms with van der Waals surface area (Å²) in [6.45, 7) is 15.6. The summed E-state index contributed by atoms with van der Waals surface area (Å²) in [5, 5.41) is 31.4. The van der Waals surface area contributed by atoms with Crippen LogP contribution in [0.15, 0.2) is 22.7 Å². The lowest BCUT2D eigenvalue weighted by molar-refractivity contribution is -0.150. The molecule has 1 aliphatic carbocycles. The van der Waals surface area contributed by atoms with Crippen molar-refractivity contribution in [1.29, 1.82) is 5.26 Å². The van der Waals surface area contributed by atoms with Gasteiger partial charge in [0, 0.05) is 24.2 Å². The number of rotatable bonds is 7. The Kier molecular flexibility index (Phi) is 8.16. The first-order valence-corrected chi connectivity index (χ1v) is 15.2. The van der Waals surface area contributed by atoms with Crippen LogP contribution in [0.1, 0.15) is 96.5 Å². The molecule has 228 valence electrons. The Morgan fingerprint density at radius 3 is 2.53 bits per heavy atom. The number of fused-ring (bicyclic) bond motifs is 2. The van der Waals surface area contributed by atoms with E-state index in [0.29, 0.717) is 24.6 Å². The fraction of sp³-hybridized carbons (Fsp3) is 0.594. The number of allylic oxidation sites excluding steroid dienone is 1. The average Bonchev–Trinajstić information content (AvgIpc) is 3.49. The number of nitrogens with zero attached hydrogens (tertiary/aromatic N) is 7. The van der Waals surface area contributed by atoms with E-state index in [-0.39, 0.29) is 58.6 Å². The normalized spacial score (nSPS) is 27.1. The molecule has 11 nitrogen and oxygen atoms in total. The Morgan fingerprint density at radius 1 is 1.19 bits per heavy atom. The molecule has 3 aliphatic rings. The molecule has 1 saturated carbocycles. The number of aliphatic imine (C=N–C) groups is 1. The summed E-state index contributed by atoms with van der Waals surface area (Å²) in [6, 6.07) is 6.28. The van der Waals surface area contributed by atoms with E-state index in [4.69, 9.17) is 9.73 Å². The van der Waals surface area contributed by atoms with Gasteiger partial charge in [0.1, 0.15) is 23.3 Å². The predicted octanol–water partition coefficient (Wildman–Crippen LogP) is 5.42. The minimum atomic E-state index is -0.800. The van der Waals surface area contributed by atoms with Crippen LogP contribution >= 0.6 is 0 Å². The lowest BCUT2D eigenvalue weighted by Crippen LogP contribution is -2.48. The second-order valence-electron chi connectivity index (χ2n) is 13.4. The number of carbonyl (C=O) groups is 2. The van der Waals surface area contributed by atoms with Crippen LogP contribution in [0.2, 0.25) is 0 Å². The number of carboxylic acids is 1. The van der Waals surface area contributed by atoms with E-state index in [2.05, 4.69) is 74.1 Å². The molecule has 5 rings (SSSR count). The van der Waals surface area contributed by atoms with Crippen molar-refractivity contribution < 1.29 is 19.4 Å². The minimum Gasteiger partial charge on any atom is -0.481 e. The van der Waals surface area contributed by atoms with Gasteiger partial charge < -0.3 is 14.7 Å². The van der Waals surface area contributed by atoms with Gasteiger partial charge in [-0.3, -0.25) is 4.79 Å². The summed E-state index contributed by atoms with van der Waals surface area (Å²) in [4.78, 5) is 32.0. The number of carboxylic acid groups (broad SMARTS) is 1. The van der Waals surface area contributed by atoms with Gasteiger partial charge in [0.25, 0.3) is 0 Å². The molecule has 0 radical (unpaired) electrons. The molecule has 3 atom stereocenters. The van der Waals surface area contributed by atoms with Gasteiger partial charge in [-0.25, -0.2) is 9.79 Å². The molecule has 0 saturated heterocycles. The second-order valence-corrected chi connectivity index (χ2v) is 13.4. The summed E-state index contributed by atoms with van der Waals surface area (Å²) in [6.07, 6.45) is 3.24. The average molecular weight is 588 g/mol. The number of benzene rings is 1. The Morgan fingerprint density at radius 2 is 1.88 bits per heavy atom. The zero-order valence-corrected chi connectivity index (χ0v) is 26.1. The first-order valence-electron chi connectivity index (χ1n) is 15.2. The summed E-state index contributed by atoms with van der Waals surface area (Å²) in [5.41, 5.74) is 3.66. The van der Waals surface area contributed by atoms with Crippen molar-refractivity contribution in [2.75, 3.05) is 11.4 Å². The fourth-order valence-corrected chi connectivity index (χ4v) is 7.49. The van der Waals surface area contributed by atoms with Crippen molar-refractivity contribution in [3.05, 3.63) is 34.7 Å². The number of aliphatic carboxylic acids is 1. The number of tetrazole rings is 1. The zero-order valence-electron chi connectivity index (χ0n) is 26.1. The first-order chi connectivity index (χ1) is 20.3. The Labute approximate surface area is 252 Å². The highest BCUT2D eigenvalue weighted by Gasteiger charge is 2.41. The highest BCUT2D eigenvalue weighted by Crippen LogP contribution is 2.46. The number of esters is 1. The maximum absolute atomic E-state index is 13.6. The van der Waals surface area contributed by atoms with E-state index in [1.807, 2.05) is 13.0 Å². The minimum absolute atomic E-state index is 0.0413. The fourth-order valence-electron chi connectivity index (χ4n) is 7.49. The van der Waals surface area contributed by atoms with Crippen LogP contribution in [0.4, 0.5) is 11.4 Å². The van der Waals surface area contributed by atoms with Crippen molar-refractivity contribution in [2.24, 2.45) is 22.7 Å². The van der Waals surface area contributed by atoms with E-state index in [1.165, 1.54) is 4.68 Å². The third kappa shape index (κ3) is 5.67. The highest BCUT2D eigenvalue weighted by atomic mass is 16.5. The molecule has 1 fully saturated rings. The Bertz CT molecular complexity index is 1540. The topological polar surface area (TPSA) is 147 Å². The molecule has 1 N–H and O–H groups in total. The standard InChI is InChI=1S/C32H41N7O4/c1-17-11-19(3)28(20(4)12-17)43-31(42)27-23(16-33)29(39-30(27)35-36-37-39)34-24-14-22-21(5)15-32(6,7)38(10-8-9-26(40)41)25(22)13-18(24)2/h13-14,17,19-21,28H,8-12,15H2,1-7H3,(H,40,41)/b34-29+. The van der Waals surface area contributed by atoms with Crippen molar-refractivity contribution in [3.63, 3.8) is 0 Å². The van der Waals surface area contributed by atoms with Crippen LogP contribution in [0, 0.1) is 36.0 Å². The Hall–Kier alpha value is -4.07. The first kappa shape index (κ1) is 30.4. The highest BCUT2D eigenvalue weighted by molar-refractivity contribution is 6.29. The molecule has 0 bridgehead atoms. The van der Waals surface area contributed by atoms with E-state index in [1.54, 1.807) is 0 Å². The van der Waals surface area contributed by atoms with E-state index in [0.717, 1.165) is 36.1 Å². The lowest BCUT2D eigenvalue weighted by atomic mass is 9.75. The zero-order chi connectivity index (χ0) is 31.2. The van der Waals surface area contributed by atoms with Gasteiger partial charge in [0.2, 0.25) is 0 Å². The maximum Gasteiger partial charge on any atom is 0.343 e. The van der Waals surface area contributed by atoms with Gasteiger partial charge in [-0.15, -0.1) is 5.10 Å². The van der Waals surface area contributed by atoms with Gasteiger partial charge >= 0.3 is 11.9 Å². The van der Waals surface area contributed by atoms with Crippen LogP contribution < -0.4 is 4.90 Å². The van der Waals surface area contributed by atoms with Crippen molar-refractivity contribution in [2.45, 2.75) is 98.1 Å². The smallest absolute Gasteiger partial charge is 0.343 e. The van der Waals surface area contributed by atoms with E-state index < -0.39 is 11.9 Å². The molecule has 11 heteroatoms. The van der Waals surface area contributed by atoms with Crippen LogP contribution in [0.5, 0.6) is 0 Å². The van der Waals surface area contributed by atoms with Crippen LogP contribution in [-0.2, 0) is 14.3 Å². The number of hydrogen-bond donors (Lipinski definition) is 1. The van der Waals surface area contributed by atoms with Gasteiger partial charge in [-0.1, -0.05) is 27.7 Å². The summed E-state index contributed by atoms with van der Waals surface area (Å²) >= 11 is 0. The van der Waals surface area contributed by atoms with Crippen LogP contribution in [-0.4, -0.2) is 61.3 Å². The number of carbonyl (C=O) groups excluding carboxylic acids is 1.